The van der Waals surface area contributed by atoms with Crippen LogP contribution in [0, 0.1) is 13.8 Å². The summed E-state index contributed by atoms with van der Waals surface area (Å²) in [5.41, 5.74) is 4.55. The van der Waals surface area contributed by atoms with Gasteiger partial charge in [0.25, 0.3) is 0 Å². The van der Waals surface area contributed by atoms with E-state index in [1.807, 2.05) is 24.3 Å². The molecule has 0 aliphatic carbocycles. The molecule has 3 nitrogen and oxygen atoms in total. The van der Waals surface area contributed by atoms with Crippen molar-refractivity contribution in [3.05, 3.63) is 63.6 Å². The summed E-state index contributed by atoms with van der Waals surface area (Å²) >= 11 is 4.90. The maximum atomic E-state index is 12.2. The Hall–Kier alpha value is -1.59. The van der Waals surface area contributed by atoms with E-state index in [0.717, 1.165) is 16.6 Å². The molecule has 0 bridgehead atoms. The molecule has 0 aromatic heterocycles. The highest BCUT2D eigenvalue weighted by molar-refractivity contribution is 9.10. The van der Waals surface area contributed by atoms with Crippen molar-refractivity contribution in [2.24, 2.45) is 4.99 Å². The maximum Gasteiger partial charge on any atom is 0.239 e. The number of amides is 1. The van der Waals surface area contributed by atoms with Crippen molar-refractivity contribution in [2.75, 3.05) is 0 Å². The van der Waals surface area contributed by atoms with Crippen LogP contribution >= 0.6 is 27.7 Å². The highest BCUT2D eigenvalue weighted by atomic mass is 79.9. The Bertz CT molecular complexity index is 771. The molecule has 3 rings (SSSR count). The fraction of sp³-hybridized carbons (Fsp3) is 0.222. The van der Waals surface area contributed by atoms with Gasteiger partial charge in [0.2, 0.25) is 5.91 Å². The number of hydrogen-bond donors (Lipinski definition) is 1. The largest absolute Gasteiger partial charge is 0.304 e. The van der Waals surface area contributed by atoms with Crippen LogP contribution in [0.3, 0.4) is 0 Å². The van der Waals surface area contributed by atoms with Gasteiger partial charge in [-0.1, -0.05) is 45.9 Å². The number of benzene rings is 2. The zero-order chi connectivity index (χ0) is 16.4. The lowest BCUT2D eigenvalue weighted by molar-refractivity contribution is -0.118. The van der Waals surface area contributed by atoms with Gasteiger partial charge >= 0.3 is 0 Å². The highest BCUT2D eigenvalue weighted by Gasteiger charge is 2.30. The quantitative estimate of drug-likeness (QED) is 0.838. The molecule has 1 aliphatic rings. The summed E-state index contributed by atoms with van der Waals surface area (Å²) in [5, 5.41) is 3.43. The van der Waals surface area contributed by atoms with Gasteiger partial charge in [0, 0.05) is 4.47 Å². The summed E-state index contributed by atoms with van der Waals surface area (Å²) < 4.78 is 1.01. The molecule has 1 N–H and O–H groups in total. The van der Waals surface area contributed by atoms with E-state index >= 15 is 0 Å². The van der Waals surface area contributed by atoms with Gasteiger partial charge in [-0.15, -0.1) is 0 Å². The standard InChI is InChI=1S/C18H17BrN2OS/c1-11-3-4-13(9-12(11)2)10-16-17(22)21-18(23-16)20-15-7-5-14(19)6-8-15/h3-9,16H,10H2,1-2H3,(H,20,21,22). The zero-order valence-corrected chi connectivity index (χ0v) is 15.4. The number of rotatable bonds is 3. The Morgan fingerprint density at radius 3 is 2.57 bits per heavy atom. The van der Waals surface area contributed by atoms with Gasteiger partial charge in [-0.3, -0.25) is 4.79 Å². The first-order chi connectivity index (χ1) is 11.0. The second-order valence-electron chi connectivity index (χ2n) is 5.61. The molecule has 1 saturated heterocycles. The lowest BCUT2D eigenvalue weighted by Crippen LogP contribution is -2.26. The predicted octanol–water partition coefficient (Wildman–Crippen LogP) is 4.53. The number of carbonyl (C=O) groups is 1. The second-order valence-corrected chi connectivity index (χ2v) is 7.72. The molecule has 0 saturated carbocycles. The van der Waals surface area contributed by atoms with Crippen LogP contribution in [-0.2, 0) is 11.2 Å². The minimum Gasteiger partial charge on any atom is -0.304 e. The van der Waals surface area contributed by atoms with E-state index in [0.29, 0.717) is 5.17 Å². The number of amidine groups is 1. The summed E-state index contributed by atoms with van der Waals surface area (Å²) in [6.45, 7) is 4.19. The Kier molecular flexibility index (Phi) is 4.87. The van der Waals surface area contributed by atoms with E-state index in [1.54, 1.807) is 0 Å². The highest BCUT2D eigenvalue weighted by Crippen LogP contribution is 2.26. The van der Waals surface area contributed by atoms with Crippen molar-refractivity contribution >= 4 is 44.5 Å². The topological polar surface area (TPSA) is 41.5 Å². The molecular weight excluding hydrogens is 372 g/mol. The lowest BCUT2D eigenvalue weighted by atomic mass is 10.0. The molecule has 0 spiro atoms. The number of hydrogen-bond acceptors (Lipinski definition) is 3. The van der Waals surface area contributed by atoms with Crippen LogP contribution in [0.15, 0.2) is 51.9 Å². The molecule has 1 heterocycles. The minimum atomic E-state index is -0.119. The molecular formula is C18H17BrN2OS. The smallest absolute Gasteiger partial charge is 0.239 e. The van der Waals surface area contributed by atoms with Gasteiger partial charge in [0.05, 0.1) is 10.9 Å². The molecule has 1 aliphatic heterocycles. The van der Waals surface area contributed by atoms with E-state index in [1.165, 1.54) is 28.5 Å². The van der Waals surface area contributed by atoms with Gasteiger partial charge in [0.15, 0.2) is 5.17 Å². The van der Waals surface area contributed by atoms with Crippen molar-refractivity contribution in [3.8, 4) is 0 Å². The third-order valence-corrected chi connectivity index (χ3v) is 5.44. The van der Waals surface area contributed by atoms with E-state index < -0.39 is 0 Å². The third-order valence-electron chi connectivity index (χ3n) is 3.83. The zero-order valence-electron chi connectivity index (χ0n) is 13.0. The Morgan fingerprint density at radius 1 is 1.13 bits per heavy atom. The van der Waals surface area contributed by atoms with E-state index in [9.17, 15) is 4.79 Å². The van der Waals surface area contributed by atoms with Crippen molar-refractivity contribution < 1.29 is 4.79 Å². The molecule has 1 fully saturated rings. The number of carbonyl (C=O) groups excluding carboxylic acids is 1. The fourth-order valence-corrected chi connectivity index (χ4v) is 3.66. The van der Waals surface area contributed by atoms with Crippen molar-refractivity contribution in [3.63, 3.8) is 0 Å². The monoisotopic (exact) mass is 388 g/mol. The molecule has 1 amide bonds. The van der Waals surface area contributed by atoms with E-state index in [-0.39, 0.29) is 11.2 Å². The second kappa shape index (κ2) is 6.89. The van der Waals surface area contributed by atoms with Crippen molar-refractivity contribution in [1.82, 2.24) is 5.32 Å². The maximum absolute atomic E-state index is 12.2. The van der Waals surface area contributed by atoms with Gasteiger partial charge < -0.3 is 5.32 Å². The summed E-state index contributed by atoms with van der Waals surface area (Å²) in [6, 6.07) is 14.1. The molecule has 0 radical (unpaired) electrons. The number of aliphatic imine (C=N–C) groups is 1. The normalized spacial score (nSPS) is 19.2. The summed E-state index contributed by atoms with van der Waals surface area (Å²) in [4.78, 5) is 16.7. The Labute approximate surface area is 148 Å². The van der Waals surface area contributed by atoms with Gasteiger partial charge in [-0.25, -0.2) is 4.99 Å². The lowest BCUT2D eigenvalue weighted by Gasteiger charge is -2.08. The third kappa shape index (κ3) is 4.03. The van der Waals surface area contributed by atoms with Crippen molar-refractivity contribution in [1.29, 1.82) is 0 Å². The summed E-state index contributed by atoms with van der Waals surface area (Å²) in [6.07, 6.45) is 0.719. The van der Waals surface area contributed by atoms with Crippen LogP contribution in [0.25, 0.3) is 0 Å². The van der Waals surface area contributed by atoms with Gasteiger partial charge in [-0.05, 0) is 61.2 Å². The van der Waals surface area contributed by atoms with Crippen LogP contribution in [-0.4, -0.2) is 16.3 Å². The number of nitrogens with zero attached hydrogens (tertiary/aromatic N) is 1. The van der Waals surface area contributed by atoms with E-state index in [4.69, 9.17) is 0 Å². The summed E-state index contributed by atoms with van der Waals surface area (Å²) in [7, 11) is 0. The minimum absolute atomic E-state index is 0.0316. The summed E-state index contributed by atoms with van der Waals surface area (Å²) in [5.74, 6) is 0.0316. The Balaban J connectivity index is 1.72. The van der Waals surface area contributed by atoms with Crippen LogP contribution in [0.5, 0.6) is 0 Å². The molecule has 1 unspecified atom stereocenters. The van der Waals surface area contributed by atoms with Crippen LogP contribution < -0.4 is 5.32 Å². The molecule has 118 valence electrons. The predicted molar refractivity (Wildman–Crippen MR) is 100 cm³/mol. The fourth-order valence-electron chi connectivity index (χ4n) is 2.37. The van der Waals surface area contributed by atoms with Crippen LogP contribution in [0.1, 0.15) is 16.7 Å². The first-order valence-corrected chi connectivity index (χ1v) is 9.06. The number of aryl methyl sites for hydroxylation is 2. The van der Waals surface area contributed by atoms with Crippen LogP contribution in [0.2, 0.25) is 0 Å². The van der Waals surface area contributed by atoms with Crippen LogP contribution in [0.4, 0.5) is 5.69 Å². The van der Waals surface area contributed by atoms with Gasteiger partial charge in [0.1, 0.15) is 0 Å². The molecule has 1 atom stereocenters. The average molecular weight is 389 g/mol. The Morgan fingerprint density at radius 2 is 1.87 bits per heavy atom. The van der Waals surface area contributed by atoms with E-state index in [2.05, 4.69) is 58.3 Å². The number of halogens is 1. The molecule has 5 heteroatoms. The first kappa shape index (κ1) is 16.3. The van der Waals surface area contributed by atoms with Crippen molar-refractivity contribution in [2.45, 2.75) is 25.5 Å². The molecule has 2 aromatic carbocycles. The van der Waals surface area contributed by atoms with Gasteiger partial charge in [-0.2, -0.15) is 0 Å². The number of thioether (sulfide) groups is 1. The number of nitrogens with one attached hydrogen (secondary N) is 1. The molecule has 23 heavy (non-hydrogen) atoms. The SMILES string of the molecule is Cc1ccc(CC2SC(=Nc3ccc(Br)cc3)NC2=O)cc1C. The average Bonchev–Trinajstić information content (AvgIpc) is 2.85. The first-order valence-electron chi connectivity index (χ1n) is 7.39. The molecule has 2 aromatic rings.